The molecule has 3 aromatic carbocycles. The number of nitrogens with one attached hydrogen (secondary N) is 1. The van der Waals surface area contributed by atoms with Gasteiger partial charge < -0.3 is 19.7 Å². The van der Waals surface area contributed by atoms with E-state index in [1.54, 1.807) is 31.2 Å². The van der Waals surface area contributed by atoms with Crippen molar-refractivity contribution in [1.29, 1.82) is 0 Å². The molecule has 2 amide bonds. The van der Waals surface area contributed by atoms with Crippen LogP contribution in [0.1, 0.15) is 31.9 Å². The maximum atomic E-state index is 14.0. The van der Waals surface area contributed by atoms with Crippen LogP contribution in [0.5, 0.6) is 11.5 Å². The SMILES string of the molecule is COc1ccc(N(CC(=O)N(CCc2ccccc2)[C@@H](C)C(=O)NC(C)C)S(=O)(=O)c2ccc(C)cc2)cc1OC. The summed E-state index contributed by atoms with van der Waals surface area (Å²) in [5.74, 6) is -0.107. The summed E-state index contributed by atoms with van der Waals surface area (Å²) in [5, 5.41) is 2.86. The molecule has 3 aromatic rings. The fraction of sp³-hybridized carbons (Fsp3) is 0.355. The van der Waals surface area contributed by atoms with Crippen LogP contribution in [-0.2, 0) is 26.0 Å². The van der Waals surface area contributed by atoms with Crippen LogP contribution in [0.3, 0.4) is 0 Å². The second-order valence-electron chi connectivity index (χ2n) is 10.0. The summed E-state index contributed by atoms with van der Waals surface area (Å²) in [4.78, 5) is 28.4. The van der Waals surface area contributed by atoms with Crippen molar-refractivity contribution in [2.24, 2.45) is 0 Å². The van der Waals surface area contributed by atoms with Crippen LogP contribution in [0.25, 0.3) is 0 Å². The molecule has 9 nitrogen and oxygen atoms in total. The van der Waals surface area contributed by atoms with E-state index in [9.17, 15) is 18.0 Å². The molecule has 1 N–H and O–H groups in total. The van der Waals surface area contributed by atoms with Crippen LogP contribution in [0.2, 0.25) is 0 Å². The third kappa shape index (κ3) is 8.00. The van der Waals surface area contributed by atoms with Gasteiger partial charge >= 0.3 is 0 Å². The quantitative estimate of drug-likeness (QED) is 0.325. The molecular weight excluding hydrogens is 542 g/mol. The van der Waals surface area contributed by atoms with E-state index in [4.69, 9.17) is 9.47 Å². The summed E-state index contributed by atoms with van der Waals surface area (Å²) >= 11 is 0. The van der Waals surface area contributed by atoms with Crippen LogP contribution in [-0.4, -0.2) is 64.5 Å². The number of benzene rings is 3. The summed E-state index contributed by atoms with van der Waals surface area (Å²) < 4.78 is 39.8. The topological polar surface area (TPSA) is 105 Å². The van der Waals surface area contributed by atoms with Gasteiger partial charge in [0, 0.05) is 18.7 Å². The number of aryl methyl sites for hydroxylation is 1. The molecule has 0 radical (unpaired) electrons. The zero-order valence-corrected chi connectivity index (χ0v) is 25.3. The Hall–Kier alpha value is -4.05. The molecule has 0 fully saturated rings. The van der Waals surface area contributed by atoms with Crippen molar-refractivity contribution < 1.29 is 27.5 Å². The zero-order valence-electron chi connectivity index (χ0n) is 24.5. The number of sulfonamides is 1. The second-order valence-corrected chi connectivity index (χ2v) is 11.9. The summed E-state index contributed by atoms with van der Waals surface area (Å²) in [6, 6.07) is 19.7. The lowest BCUT2D eigenvalue weighted by Gasteiger charge is -2.32. The summed E-state index contributed by atoms with van der Waals surface area (Å²) in [5.41, 5.74) is 2.11. The summed E-state index contributed by atoms with van der Waals surface area (Å²) in [6.45, 7) is 6.89. The minimum atomic E-state index is -4.19. The first-order valence-corrected chi connectivity index (χ1v) is 14.9. The number of hydrogen-bond donors (Lipinski definition) is 1. The number of ether oxygens (including phenoxy) is 2. The Kier molecular flexibility index (Phi) is 10.8. The molecule has 1 atom stereocenters. The molecule has 0 spiro atoms. The highest BCUT2D eigenvalue weighted by Crippen LogP contribution is 2.34. The fourth-order valence-corrected chi connectivity index (χ4v) is 5.73. The van der Waals surface area contributed by atoms with E-state index in [-0.39, 0.29) is 29.1 Å². The molecule has 0 aliphatic carbocycles. The highest BCUT2D eigenvalue weighted by atomic mass is 32.2. The average molecular weight is 582 g/mol. The summed E-state index contributed by atoms with van der Waals surface area (Å²) in [7, 11) is -1.25. The van der Waals surface area contributed by atoms with E-state index in [1.807, 2.05) is 51.1 Å². The van der Waals surface area contributed by atoms with Gasteiger partial charge in [-0.3, -0.25) is 13.9 Å². The number of nitrogens with zero attached hydrogens (tertiary/aromatic N) is 2. The molecule has 0 saturated carbocycles. The van der Waals surface area contributed by atoms with E-state index in [2.05, 4.69) is 5.32 Å². The number of hydrogen-bond acceptors (Lipinski definition) is 6. The number of rotatable bonds is 13. The van der Waals surface area contributed by atoms with E-state index in [0.29, 0.717) is 17.9 Å². The molecule has 3 rings (SSSR count). The molecule has 41 heavy (non-hydrogen) atoms. The molecule has 0 unspecified atom stereocenters. The lowest BCUT2D eigenvalue weighted by atomic mass is 10.1. The van der Waals surface area contributed by atoms with Crippen LogP contribution < -0.4 is 19.1 Å². The number of amides is 2. The molecular formula is C31H39N3O6S. The highest BCUT2D eigenvalue weighted by Gasteiger charge is 2.33. The molecule has 0 aliphatic heterocycles. The van der Waals surface area contributed by atoms with Crippen LogP contribution >= 0.6 is 0 Å². The minimum absolute atomic E-state index is 0.0344. The lowest BCUT2D eigenvalue weighted by molar-refractivity contribution is -0.139. The molecule has 0 aliphatic rings. The Morgan fingerprint density at radius 3 is 2.10 bits per heavy atom. The zero-order chi connectivity index (χ0) is 30.2. The van der Waals surface area contributed by atoms with Gasteiger partial charge in [-0.2, -0.15) is 0 Å². The molecule has 0 aromatic heterocycles. The number of carbonyl (C=O) groups is 2. The lowest BCUT2D eigenvalue weighted by Crippen LogP contribution is -2.53. The van der Waals surface area contributed by atoms with Gasteiger partial charge in [0.15, 0.2) is 11.5 Å². The molecule has 220 valence electrons. The standard InChI is InChI=1S/C31H39N3O6S/c1-22(2)32-31(36)24(4)33(19-18-25-10-8-7-9-11-25)30(35)21-34(26-14-17-28(39-5)29(20-26)40-6)41(37,38)27-15-12-23(3)13-16-27/h7-17,20,22,24H,18-19,21H2,1-6H3,(H,32,36)/t24-/m0/s1. The van der Waals surface area contributed by atoms with Crippen molar-refractivity contribution in [2.45, 2.75) is 51.1 Å². The van der Waals surface area contributed by atoms with Gasteiger partial charge in [-0.25, -0.2) is 8.42 Å². The van der Waals surface area contributed by atoms with Gasteiger partial charge in [0.25, 0.3) is 10.0 Å². The Morgan fingerprint density at radius 1 is 0.878 bits per heavy atom. The average Bonchev–Trinajstić information content (AvgIpc) is 2.95. The van der Waals surface area contributed by atoms with Crippen molar-refractivity contribution in [3.05, 3.63) is 83.9 Å². The third-order valence-corrected chi connectivity index (χ3v) is 8.41. The Labute approximate surface area is 243 Å². The Balaban J connectivity index is 2.04. The van der Waals surface area contributed by atoms with Crippen molar-refractivity contribution in [3.8, 4) is 11.5 Å². The Morgan fingerprint density at radius 2 is 1.51 bits per heavy atom. The van der Waals surface area contributed by atoms with E-state index in [1.165, 1.54) is 37.3 Å². The molecule has 0 saturated heterocycles. The molecule has 0 heterocycles. The van der Waals surface area contributed by atoms with Gasteiger partial charge in [0.2, 0.25) is 11.8 Å². The largest absolute Gasteiger partial charge is 0.493 e. The smallest absolute Gasteiger partial charge is 0.264 e. The van der Waals surface area contributed by atoms with E-state index in [0.717, 1.165) is 15.4 Å². The number of methoxy groups -OCH3 is 2. The van der Waals surface area contributed by atoms with E-state index < -0.39 is 28.5 Å². The van der Waals surface area contributed by atoms with E-state index >= 15 is 0 Å². The van der Waals surface area contributed by atoms with Crippen LogP contribution in [0, 0.1) is 6.92 Å². The highest BCUT2D eigenvalue weighted by molar-refractivity contribution is 7.92. The predicted molar refractivity (Wildman–Crippen MR) is 160 cm³/mol. The number of anilines is 1. The Bertz CT molecular complexity index is 1430. The predicted octanol–water partition coefficient (Wildman–Crippen LogP) is 4.19. The number of carbonyl (C=O) groups excluding carboxylic acids is 2. The normalized spacial score (nSPS) is 12.0. The third-order valence-electron chi connectivity index (χ3n) is 6.63. The van der Waals surface area contributed by atoms with Crippen molar-refractivity contribution in [3.63, 3.8) is 0 Å². The van der Waals surface area contributed by atoms with Crippen molar-refractivity contribution in [1.82, 2.24) is 10.2 Å². The van der Waals surface area contributed by atoms with Gasteiger partial charge in [0.05, 0.1) is 24.8 Å². The first-order valence-electron chi connectivity index (χ1n) is 13.4. The minimum Gasteiger partial charge on any atom is -0.493 e. The van der Waals surface area contributed by atoms with Crippen molar-refractivity contribution in [2.75, 3.05) is 31.6 Å². The maximum absolute atomic E-state index is 14.0. The monoisotopic (exact) mass is 581 g/mol. The maximum Gasteiger partial charge on any atom is 0.264 e. The van der Waals surface area contributed by atoms with Gasteiger partial charge in [0.1, 0.15) is 12.6 Å². The first-order chi connectivity index (χ1) is 19.5. The first kappa shape index (κ1) is 31.5. The second kappa shape index (κ2) is 14.0. The van der Waals surface area contributed by atoms with Gasteiger partial charge in [-0.05, 0) is 63.9 Å². The van der Waals surface area contributed by atoms with Crippen LogP contribution in [0.15, 0.2) is 77.7 Å². The van der Waals surface area contributed by atoms with Crippen LogP contribution in [0.4, 0.5) is 5.69 Å². The summed E-state index contributed by atoms with van der Waals surface area (Å²) in [6.07, 6.45) is 0.493. The van der Waals surface area contributed by atoms with Gasteiger partial charge in [-0.15, -0.1) is 0 Å². The van der Waals surface area contributed by atoms with Gasteiger partial charge in [-0.1, -0.05) is 48.0 Å². The molecule has 10 heteroatoms. The molecule has 0 bridgehead atoms. The fourth-order valence-electron chi connectivity index (χ4n) is 4.32. The van der Waals surface area contributed by atoms with Crippen molar-refractivity contribution >= 4 is 27.5 Å².